The number of rotatable bonds is 0. The number of benzene rings is 1. The average molecular weight is 279 g/mol. The van der Waals surface area contributed by atoms with Crippen LogP contribution < -0.4 is 0 Å². The van der Waals surface area contributed by atoms with Crippen molar-refractivity contribution >= 4 is 34.2 Å². The lowest BCUT2D eigenvalue weighted by molar-refractivity contribution is 0.471. The number of phenolic OH excluding ortho intramolecular Hbond substituents is 1. The third-order valence-corrected chi connectivity index (χ3v) is 2.58. The minimum absolute atomic E-state index is 0.0219. The maximum atomic E-state index is 9.23. The molecule has 0 heterocycles. The molecular weight excluding hydrogens is 276 g/mol. The lowest BCUT2D eigenvalue weighted by atomic mass is 10.2. The number of nitrogens with zero attached hydrogens (tertiary/aromatic N) is 1. The first kappa shape index (κ1) is 8.62. The Morgan fingerprint density at radius 2 is 2.18 bits per heavy atom. The van der Waals surface area contributed by atoms with Gasteiger partial charge >= 0.3 is 0 Å². The van der Waals surface area contributed by atoms with Crippen molar-refractivity contribution in [1.82, 2.24) is 0 Å². The summed E-state index contributed by atoms with van der Waals surface area (Å²) in [5, 5.41) is 18.0. The molecular formula is C7H3ClINO. The summed E-state index contributed by atoms with van der Waals surface area (Å²) in [7, 11) is 0. The zero-order valence-electron chi connectivity index (χ0n) is 5.31. The van der Waals surface area contributed by atoms with E-state index < -0.39 is 0 Å². The van der Waals surface area contributed by atoms with Crippen LogP contribution >= 0.6 is 34.2 Å². The highest BCUT2D eigenvalue weighted by Crippen LogP contribution is 2.30. The van der Waals surface area contributed by atoms with E-state index in [9.17, 15) is 5.11 Å². The van der Waals surface area contributed by atoms with Crippen molar-refractivity contribution in [3.05, 3.63) is 26.3 Å². The molecule has 0 aliphatic carbocycles. The zero-order valence-corrected chi connectivity index (χ0v) is 8.22. The SMILES string of the molecule is N#Cc1ccc(Cl)c(O)c1I. The molecule has 0 radical (unpaired) electrons. The van der Waals surface area contributed by atoms with Crippen molar-refractivity contribution in [2.45, 2.75) is 0 Å². The van der Waals surface area contributed by atoms with Gasteiger partial charge in [0.05, 0.1) is 14.2 Å². The van der Waals surface area contributed by atoms with Crippen molar-refractivity contribution in [2.75, 3.05) is 0 Å². The van der Waals surface area contributed by atoms with Crippen LogP contribution in [0.2, 0.25) is 5.02 Å². The summed E-state index contributed by atoms with van der Waals surface area (Å²) in [4.78, 5) is 0. The molecule has 1 aromatic rings. The lowest BCUT2D eigenvalue weighted by Crippen LogP contribution is -1.82. The molecule has 1 rings (SSSR count). The summed E-state index contributed by atoms with van der Waals surface area (Å²) in [5.41, 5.74) is 0.438. The van der Waals surface area contributed by atoms with Crippen molar-refractivity contribution in [3.8, 4) is 11.8 Å². The second kappa shape index (κ2) is 3.28. The Bertz CT molecular complexity index is 332. The second-order valence-electron chi connectivity index (χ2n) is 1.87. The predicted molar refractivity (Wildman–Crippen MR) is 50.5 cm³/mol. The van der Waals surface area contributed by atoms with Crippen LogP contribution in [0, 0.1) is 14.9 Å². The number of hydrogen-bond donors (Lipinski definition) is 1. The molecule has 11 heavy (non-hydrogen) atoms. The van der Waals surface area contributed by atoms with E-state index >= 15 is 0 Å². The van der Waals surface area contributed by atoms with Gasteiger partial charge in [-0.15, -0.1) is 0 Å². The van der Waals surface area contributed by atoms with Gasteiger partial charge in [0.15, 0.2) is 0 Å². The number of aromatic hydroxyl groups is 1. The Morgan fingerprint density at radius 3 is 2.73 bits per heavy atom. The van der Waals surface area contributed by atoms with E-state index in [4.69, 9.17) is 16.9 Å². The summed E-state index contributed by atoms with van der Waals surface area (Å²) in [6, 6.07) is 5.01. The Labute approximate surface area is 82.5 Å². The maximum Gasteiger partial charge on any atom is 0.148 e. The molecule has 0 fully saturated rings. The van der Waals surface area contributed by atoms with Crippen molar-refractivity contribution in [2.24, 2.45) is 0 Å². The van der Waals surface area contributed by atoms with Gasteiger partial charge in [0.2, 0.25) is 0 Å². The number of hydrogen-bond acceptors (Lipinski definition) is 2. The highest BCUT2D eigenvalue weighted by molar-refractivity contribution is 14.1. The van der Waals surface area contributed by atoms with Gasteiger partial charge in [0.25, 0.3) is 0 Å². The molecule has 56 valence electrons. The zero-order chi connectivity index (χ0) is 8.43. The Kier molecular flexibility index (Phi) is 2.58. The lowest BCUT2D eigenvalue weighted by Gasteiger charge is -1.99. The normalized spacial score (nSPS) is 9.18. The first-order valence-electron chi connectivity index (χ1n) is 2.74. The summed E-state index contributed by atoms with van der Waals surface area (Å²) in [6.45, 7) is 0. The highest BCUT2D eigenvalue weighted by atomic mass is 127. The Hall–Kier alpha value is -0.470. The van der Waals surface area contributed by atoms with Gasteiger partial charge in [0, 0.05) is 0 Å². The van der Waals surface area contributed by atoms with E-state index in [0.29, 0.717) is 9.13 Å². The quantitative estimate of drug-likeness (QED) is 0.742. The number of nitriles is 1. The fourth-order valence-electron chi connectivity index (χ4n) is 0.627. The minimum Gasteiger partial charge on any atom is -0.505 e. The van der Waals surface area contributed by atoms with Crippen LogP contribution in [-0.2, 0) is 0 Å². The van der Waals surface area contributed by atoms with E-state index in [2.05, 4.69) is 0 Å². The van der Waals surface area contributed by atoms with E-state index in [-0.39, 0.29) is 10.8 Å². The van der Waals surface area contributed by atoms with Crippen molar-refractivity contribution in [1.29, 1.82) is 5.26 Å². The van der Waals surface area contributed by atoms with Gasteiger partial charge in [-0.25, -0.2) is 0 Å². The van der Waals surface area contributed by atoms with Crippen LogP contribution in [0.3, 0.4) is 0 Å². The van der Waals surface area contributed by atoms with Crippen LogP contribution in [0.15, 0.2) is 12.1 Å². The molecule has 0 aliphatic rings. The van der Waals surface area contributed by atoms with Crippen LogP contribution in [0.5, 0.6) is 5.75 Å². The predicted octanol–water partition coefficient (Wildman–Crippen LogP) is 2.52. The van der Waals surface area contributed by atoms with E-state index in [0.717, 1.165) is 0 Å². The van der Waals surface area contributed by atoms with Crippen LogP contribution in [0.4, 0.5) is 0 Å². The first-order chi connectivity index (χ1) is 5.16. The van der Waals surface area contributed by atoms with Crippen LogP contribution in [-0.4, -0.2) is 5.11 Å². The molecule has 0 bridgehead atoms. The smallest absolute Gasteiger partial charge is 0.148 e. The molecule has 0 saturated carbocycles. The number of phenols is 1. The topological polar surface area (TPSA) is 44.0 Å². The third-order valence-electron chi connectivity index (χ3n) is 1.19. The van der Waals surface area contributed by atoms with E-state index in [1.807, 2.05) is 28.7 Å². The van der Waals surface area contributed by atoms with Gasteiger partial charge < -0.3 is 5.11 Å². The van der Waals surface area contributed by atoms with Gasteiger partial charge in [-0.05, 0) is 34.7 Å². The third kappa shape index (κ3) is 1.57. The fraction of sp³-hybridized carbons (Fsp3) is 0. The standard InChI is InChI=1S/C7H3ClINO/c8-5-2-1-4(3-10)6(9)7(5)11/h1-2,11H. The van der Waals surface area contributed by atoms with Gasteiger partial charge in [-0.1, -0.05) is 11.6 Å². The van der Waals surface area contributed by atoms with Gasteiger partial charge in [-0.2, -0.15) is 5.26 Å². The maximum absolute atomic E-state index is 9.23. The summed E-state index contributed by atoms with van der Waals surface area (Å²) in [6.07, 6.45) is 0. The molecule has 0 aromatic heterocycles. The fourth-order valence-corrected chi connectivity index (χ4v) is 1.54. The Morgan fingerprint density at radius 1 is 1.55 bits per heavy atom. The number of halogens is 2. The molecule has 0 unspecified atom stereocenters. The molecule has 0 atom stereocenters. The van der Waals surface area contributed by atoms with Crippen LogP contribution in [0.1, 0.15) is 5.56 Å². The first-order valence-corrected chi connectivity index (χ1v) is 4.19. The largest absolute Gasteiger partial charge is 0.505 e. The summed E-state index contributed by atoms with van der Waals surface area (Å²) in [5.74, 6) is -0.0219. The average Bonchev–Trinajstić information content (AvgIpc) is 2.01. The molecule has 1 N–H and O–H groups in total. The monoisotopic (exact) mass is 279 g/mol. The van der Waals surface area contributed by atoms with E-state index in [1.165, 1.54) is 6.07 Å². The van der Waals surface area contributed by atoms with Crippen molar-refractivity contribution < 1.29 is 5.11 Å². The van der Waals surface area contributed by atoms with Crippen molar-refractivity contribution in [3.63, 3.8) is 0 Å². The summed E-state index contributed by atoms with van der Waals surface area (Å²) < 4.78 is 0.498. The van der Waals surface area contributed by atoms with Gasteiger partial charge in [-0.3, -0.25) is 0 Å². The molecule has 0 aliphatic heterocycles. The molecule has 0 saturated heterocycles. The van der Waals surface area contributed by atoms with Gasteiger partial charge in [0.1, 0.15) is 11.8 Å². The Balaban J connectivity index is 3.40. The molecule has 4 heteroatoms. The minimum atomic E-state index is -0.0219. The highest BCUT2D eigenvalue weighted by Gasteiger charge is 2.07. The second-order valence-corrected chi connectivity index (χ2v) is 3.36. The summed E-state index contributed by atoms with van der Waals surface area (Å²) >= 11 is 7.45. The molecule has 2 nitrogen and oxygen atoms in total. The molecule has 1 aromatic carbocycles. The molecule has 0 amide bonds. The van der Waals surface area contributed by atoms with E-state index in [1.54, 1.807) is 6.07 Å². The molecule has 0 spiro atoms. The van der Waals surface area contributed by atoms with Crippen LogP contribution in [0.25, 0.3) is 0 Å².